The third-order valence-corrected chi connectivity index (χ3v) is 6.41. The van der Waals surface area contributed by atoms with Crippen LogP contribution in [0.2, 0.25) is 0 Å². The van der Waals surface area contributed by atoms with E-state index in [0.717, 1.165) is 22.1 Å². The maximum atomic E-state index is 13.1. The molecule has 38 heavy (non-hydrogen) atoms. The van der Waals surface area contributed by atoms with Crippen LogP contribution in [0, 0.1) is 5.82 Å². The standard InChI is InChI=1S/C30H20FN3O4/c1-34-16-19(15-25-28(36)27-23(35)3-2-4-24(27)38-25)26-22(13-14-32-29(26)34)17-5-7-18(8-6-17)30(37)33-21-11-9-20(31)10-12-21/h2-16,35H,1H3,(H,33,37)/b25-15-. The first-order valence-electron chi connectivity index (χ1n) is 11.8. The lowest BCUT2D eigenvalue weighted by Gasteiger charge is -2.08. The van der Waals surface area contributed by atoms with Gasteiger partial charge < -0.3 is 19.7 Å². The van der Waals surface area contributed by atoms with Crippen LogP contribution in [0.4, 0.5) is 10.1 Å². The molecular weight excluding hydrogens is 485 g/mol. The minimum atomic E-state index is -0.392. The number of anilines is 1. The van der Waals surface area contributed by atoms with Crippen molar-refractivity contribution >= 4 is 34.5 Å². The molecule has 0 bridgehead atoms. The fraction of sp³-hybridized carbons (Fsp3) is 0.0333. The Hall–Kier alpha value is -5.24. The number of hydrogen-bond donors (Lipinski definition) is 2. The molecule has 0 saturated carbocycles. The fourth-order valence-corrected chi connectivity index (χ4v) is 4.58. The molecule has 0 atom stereocenters. The predicted octanol–water partition coefficient (Wildman–Crippen LogP) is 5.95. The zero-order valence-electron chi connectivity index (χ0n) is 20.1. The lowest BCUT2D eigenvalue weighted by atomic mass is 9.99. The van der Waals surface area contributed by atoms with Crippen molar-refractivity contribution in [3.63, 3.8) is 0 Å². The Morgan fingerprint density at radius 3 is 2.55 bits per heavy atom. The number of amides is 1. The van der Waals surface area contributed by atoms with Crippen LogP contribution in [0.5, 0.6) is 11.5 Å². The van der Waals surface area contributed by atoms with Crippen molar-refractivity contribution < 1.29 is 23.8 Å². The third kappa shape index (κ3) is 3.98. The van der Waals surface area contributed by atoms with E-state index in [-0.39, 0.29) is 28.8 Å². The summed E-state index contributed by atoms with van der Waals surface area (Å²) in [5.74, 6) is -0.783. The Morgan fingerprint density at radius 1 is 1.05 bits per heavy atom. The van der Waals surface area contributed by atoms with Gasteiger partial charge in [0.15, 0.2) is 5.76 Å². The van der Waals surface area contributed by atoms with E-state index in [2.05, 4.69) is 10.3 Å². The number of halogens is 1. The number of phenols is 1. The van der Waals surface area contributed by atoms with Crippen LogP contribution in [-0.2, 0) is 7.05 Å². The number of pyridine rings is 1. The van der Waals surface area contributed by atoms with Crippen LogP contribution in [0.1, 0.15) is 26.3 Å². The third-order valence-electron chi connectivity index (χ3n) is 6.41. The molecule has 5 aromatic rings. The van der Waals surface area contributed by atoms with Gasteiger partial charge in [0.05, 0.1) is 0 Å². The Bertz CT molecular complexity index is 1770. The van der Waals surface area contributed by atoms with Gasteiger partial charge in [0.2, 0.25) is 5.78 Å². The van der Waals surface area contributed by atoms with E-state index >= 15 is 0 Å². The summed E-state index contributed by atoms with van der Waals surface area (Å²) in [6, 6.07) is 19.2. The van der Waals surface area contributed by atoms with Gasteiger partial charge in [0.1, 0.15) is 28.5 Å². The van der Waals surface area contributed by atoms with E-state index in [4.69, 9.17) is 4.74 Å². The van der Waals surface area contributed by atoms with Crippen molar-refractivity contribution in [2.24, 2.45) is 7.05 Å². The normalized spacial score (nSPS) is 13.5. The van der Waals surface area contributed by atoms with Crippen LogP contribution in [0.15, 0.2) is 90.9 Å². The summed E-state index contributed by atoms with van der Waals surface area (Å²) in [6.07, 6.45) is 5.22. The predicted molar refractivity (Wildman–Crippen MR) is 142 cm³/mol. The number of aryl methyl sites for hydroxylation is 1. The smallest absolute Gasteiger partial charge is 0.255 e. The summed E-state index contributed by atoms with van der Waals surface area (Å²) in [5.41, 5.74) is 4.23. The molecule has 0 aliphatic carbocycles. The van der Waals surface area contributed by atoms with Crippen molar-refractivity contribution in [3.8, 4) is 22.6 Å². The van der Waals surface area contributed by atoms with E-state index in [1.54, 1.807) is 36.5 Å². The highest BCUT2D eigenvalue weighted by Gasteiger charge is 2.30. The minimum Gasteiger partial charge on any atom is -0.507 e. The second-order valence-corrected chi connectivity index (χ2v) is 8.88. The molecule has 6 rings (SSSR count). The molecule has 1 aliphatic rings. The number of fused-ring (bicyclic) bond motifs is 2. The van der Waals surface area contributed by atoms with Crippen molar-refractivity contribution in [2.75, 3.05) is 5.32 Å². The van der Waals surface area contributed by atoms with E-state index < -0.39 is 5.78 Å². The van der Waals surface area contributed by atoms with Crippen molar-refractivity contribution in [3.05, 3.63) is 113 Å². The summed E-state index contributed by atoms with van der Waals surface area (Å²) < 4.78 is 20.8. The number of hydrogen-bond acceptors (Lipinski definition) is 5. The lowest BCUT2D eigenvalue weighted by Crippen LogP contribution is -2.11. The maximum absolute atomic E-state index is 13.1. The van der Waals surface area contributed by atoms with Crippen LogP contribution in [0.3, 0.4) is 0 Å². The number of ketones is 1. The largest absolute Gasteiger partial charge is 0.507 e. The molecule has 0 spiro atoms. The van der Waals surface area contributed by atoms with Crippen LogP contribution < -0.4 is 10.1 Å². The van der Waals surface area contributed by atoms with Gasteiger partial charge in [0.25, 0.3) is 5.91 Å². The number of nitrogens with zero attached hydrogens (tertiary/aromatic N) is 2. The van der Waals surface area contributed by atoms with Gasteiger partial charge in [-0.05, 0) is 71.8 Å². The summed E-state index contributed by atoms with van der Waals surface area (Å²) in [5, 5.41) is 13.7. The van der Waals surface area contributed by atoms with Crippen molar-refractivity contribution in [1.82, 2.24) is 9.55 Å². The molecule has 3 heterocycles. The SMILES string of the molecule is Cn1cc(/C=C2\Oc3cccc(O)c3C2=O)c2c(-c3ccc(C(=O)Nc4ccc(F)cc4)cc3)ccnc21. The van der Waals surface area contributed by atoms with Gasteiger partial charge in [-0.2, -0.15) is 0 Å². The first-order valence-corrected chi connectivity index (χ1v) is 11.8. The summed E-state index contributed by atoms with van der Waals surface area (Å²) >= 11 is 0. The molecule has 1 aliphatic heterocycles. The number of Topliss-reactive ketones (excluding diaryl/α,β-unsaturated/α-hetero) is 1. The highest BCUT2D eigenvalue weighted by Crippen LogP contribution is 2.39. The molecule has 1 amide bonds. The molecule has 2 N–H and O–H groups in total. The molecule has 3 aromatic carbocycles. The fourth-order valence-electron chi connectivity index (χ4n) is 4.58. The molecule has 0 unspecified atom stereocenters. The lowest BCUT2D eigenvalue weighted by molar-refractivity contribution is 0.101. The molecule has 186 valence electrons. The number of rotatable bonds is 4. The van der Waals surface area contributed by atoms with Crippen LogP contribution in [-0.4, -0.2) is 26.3 Å². The van der Waals surface area contributed by atoms with Crippen molar-refractivity contribution in [1.29, 1.82) is 0 Å². The van der Waals surface area contributed by atoms with Gasteiger partial charge >= 0.3 is 0 Å². The van der Waals surface area contributed by atoms with Gasteiger partial charge in [-0.1, -0.05) is 18.2 Å². The zero-order valence-corrected chi connectivity index (χ0v) is 20.1. The number of aromatic nitrogens is 2. The number of phenolic OH excluding ortho intramolecular Hbond substituents is 1. The number of carbonyl (C=O) groups is 2. The first-order chi connectivity index (χ1) is 18.4. The Morgan fingerprint density at radius 2 is 1.82 bits per heavy atom. The van der Waals surface area contributed by atoms with E-state index in [0.29, 0.717) is 22.6 Å². The molecule has 0 saturated heterocycles. The second kappa shape index (κ2) is 9.01. The highest BCUT2D eigenvalue weighted by atomic mass is 19.1. The number of aromatic hydroxyl groups is 1. The molecular formula is C30H20FN3O4. The summed E-state index contributed by atoms with van der Waals surface area (Å²) in [4.78, 5) is 30.1. The quantitative estimate of drug-likeness (QED) is 0.294. The first kappa shape index (κ1) is 23.2. The molecule has 2 aromatic heterocycles. The van der Waals surface area contributed by atoms with Gasteiger partial charge in [-0.25, -0.2) is 9.37 Å². The Kier molecular flexibility index (Phi) is 5.49. The van der Waals surface area contributed by atoms with E-state index in [1.165, 1.54) is 30.3 Å². The molecule has 7 nitrogen and oxygen atoms in total. The minimum absolute atomic E-state index is 0.108. The van der Waals surface area contributed by atoms with Crippen molar-refractivity contribution in [2.45, 2.75) is 0 Å². The van der Waals surface area contributed by atoms with Gasteiger partial charge in [-0.3, -0.25) is 9.59 Å². The van der Waals surface area contributed by atoms with Crippen LogP contribution >= 0.6 is 0 Å². The number of allylic oxidation sites excluding steroid dienone is 1. The van der Waals surface area contributed by atoms with Crippen LogP contribution in [0.25, 0.3) is 28.2 Å². The number of ether oxygens (including phenoxy) is 1. The molecule has 0 radical (unpaired) electrons. The molecule has 0 fully saturated rings. The Balaban J connectivity index is 1.35. The van der Waals surface area contributed by atoms with E-state index in [1.807, 2.05) is 36.0 Å². The highest BCUT2D eigenvalue weighted by molar-refractivity contribution is 6.17. The van der Waals surface area contributed by atoms with E-state index in [9.17, 15) is 19.1 Å². The Labute approximate surface area is 216 Å². The summed E-state index contributed by atoms with van der Waals surface area (Å²) in [6.45, 7) is 0. The number of carbonyl (C=O) groups excluding carboxylic acids is 2. The average molecular weight is 506 g/mol. The summed E-state index contributed by atoms with van der Waals surface area (Å²) in [7, 11) is 1.86. The topological polar surface area (TPSA) is 93.5 Å². The van der Waals surface area contributed by atoms with Gasteiger partial charge in [0, 0.05) is 41.6 Å². The average Bonchev–Trinajstić information content (AvgIpc) is 3.42. The zero-order chi connectivity index (χ0) is 26.4. The number of nitrogens with one attached hydrogen (secondary N) is 1. The monoisotopic (exact) mass is 505 g/mol. The second-order valence-electron chi connectivity index (χ2n) is 8.88. The molecule has 8 heteroatoms. The number of benzene rings is 3. The maximum Gasteiger partial charge on any atom is 0.255 e. The van der Waals surface area contributed by atoms with Gasteiger partial charge in [-0.15, -0.1) is 0 Å².